The van der Waals surface area contributed by atoms with Gasteiger partial charge in [0.05, 0.1) is 0 Å². The summed E-state index contributed by atoms with van der Waals surface area (Å²) in [5, 5.41) is 11.7. The number of rotatable bonds is 4. The van der Waals surface area contributed by atoms with Crippen LogP contribution in [0, 0.1) is 18.8 Å². The molecule has 0 radical (unpaired) electrons. The Labute approximate surface area is 127 Å². The van der Waals surface area contributed by atoms with E-state index >= 15 is 0 Å². The topological polar surface area (TPSA) is 52.6 Å². The summed E-state index contributed by atoms with van der Waals surface area (Å²) in [6.45, 7) is 6.39. The largest absolute Gasteiger partial charge is 0.384 e. The molecule has 0 atom stereocenters. The van der Waals surface area contributed by atoms with Gasteiger partial charge in [0.1, 0.15) is 6.61 Å². The highest BCUT2D eigenvalue weighted by molar-refractivity contribution is 5.96. The Morgan fingerprint density at radius 2 is 2.05 bits per heavy atom. The number of hydrogen-bond donors (Lipinski definition) is 2. The Morgan fingerprint density at radius 1 is 1.38 bits per heavy atom. The molecule has 114 valence electrons. The molecule has 1 amide bonds. The van der Waals surface area contributed by atoms with Crippen LogP contribution < -0.4 is 5.32 Å². The Balaban J connectivity index is 2.89. The van der Waals surface area contributed by atoms with Crippen LogP contribution in [-0.2, 0) is 0 Å². The lowest BCUT2D eigenvalue weighted by Gasteiger charge is -2.32. The van der Waals surface area contributed by atoms with Crippen LogP contribution in [0.4, 0.5) is 0 Å². The molecule has 0 spiro atoms. The average Bonchev–Trinajstić information content (AvgIpc) is 2.43. The Kier molecular flexibility index (Phi) is 5.95. The first-order chi connectivity index (χ1) is 9.79. The van der Waals surface area contributed by atoms with Crippen LogP contribution >= 0.6 is 0 Å². The zero-order chi connectivity index (χ0) is 16.0. The first-order valence-corrected chi connectivity index (χ1v) is 6.94. The molecule has 2 N–H and O–H groups in total. The quantitative estimate of drug-likeness (QED) is 0.824. The van der Waals surface area contributed by atoms with E-state index in [-0.39, 0.29) is 18.1 Å². The van der Waals surface area contributed by atoms with Crippen LogP contribution in [0.5, 0.6) is 0 Å². The van der Waals surface area contributed by atoms with Crippen molar-refractivity contribution in [2.24, 2.45) is 0 Å². The lowest BCUT2D eigenvalue weighted by Crippen LogP contribution is -2.48. The van der Waals surface area contributed by atoms with Gasteiger partial charge in [0.2, 0.25) is 0 Å². The number of aliphatic hydroxyl groups is 1. The lowest BCUT2D eigenvalue weighted by atomic mass is 10.0. The average molecular weight is 288 g/mol. The number of nitrogens with one attached hydrogen (secondary N) is 1. The molecule has 0 aliphatic carbocycles. The highest BCUT2D eigenvalue weighted by atomic mass is 16.2. The molecule has 0 saturated carbocycles. The van der Waals surface area contributed by atoms with Crippen LogP contribution in [0.15, 0.2) is 18.2 Å². The standard InChI is InChI=1S/C17H24N2O2/c1-13-14(9-7-11-20)8-6-10-15(13)16(21)18-12-17(2,3)19(4)5/h6,8,10,20H,11-12H2,1-5H3,(H,18,21). The monoisotopic (exact) mass is 288 g/mol. The molecule has 4 nitrogen and oxygen atoms in total. The second-order valence-corrected chi connectivity index (χ2v) is 5.83. The molecular weight excluding hydrogens is 264 g/mol. The third kappa shape index (κ3) is 4.59. The van der Waals surface area contributed by atoms with E-state index in [2.05, 4.69) is 35.9 Å². The summed E-state index contributed by atoms with van der Waals surface area (Å²) >= 11 is 0. The molecule has 0 aliphatic rings. The smallest absolute Gasteiger partial charge is 0.251 e. The van der Waals surface area contributed by atoms with Gasteiger partial charge in [0, 0.05) is 23.2 Å². The molecule has 0 aromatic heterocycles. The molecule has 0 aliphatic heterocycles. The molecule has 0 bridgehead atoms. The van der Waals surface area contributed by atoms with Gasteiger partial charge in [-0.3, -0.25) is 4.79 Å². The van der Waals surface area contributed by atoms with Crippen LogP contribution in [-0.4, -0.2) is 48.7 Å². The number of amides is 1. The van der Waals surface area contributed by atoms with E-state index in [1.165, 1.54) is 0 Å². The summed E-state index contributed by atoms with van der Waals surface area (Å²) in [5.41, 5.74) is 2.11. The molecule has 0 unspecified atom stereocenters. The normalized spacial score (nSPS) is 11.0. The molecular formula is C17H24N2O2. The van der Waals surface area contributed by atoms with Crippen molar-refractivity contribution in [3.8, 4) is 11.8 Å². The molecule has 0 heterocycles. The number of aliphatic hydroxyl groups excluding tert-OH is 1. The minimum Gasteiger partial charge on any atom is -0.384 e. The third-order valence-electron chi connectivity index (χ3n) is 3.77. The van der Waals surface area contributed by atoms with Crippen molar-refractivity contribution in [3.05, 3.63) is 34.9 Å². The van der Waals surface area contributed by atoms with Crippen molar-refractivity contribution in [2.75, 3.05) is 27.2 Å². The van der Waals surface area contributed by atoms with Crippen molar-refractivity contribution in [1.82, 2.24) is 10.2 Å². The van der Waals surface area contributed by atoms with Gasteiger partial charge < -0.3 is 15.3 Å². The van der Waals surface area contributed by atoms with Gasteiger partial charge in [0.15, 0.2) is 0 Å². The Morgan fingerprint density at radius 3 is 2.62 bits per heavy atom. The molecule has 4 heteroatoms. The highest BCUT2D eigenvalue weighted by Crippen LogP contribution is 2.14. The van der Waals surface area contributed by atoms with Gasteiger partial charge >= 0.3 is 0 Å². The summed E-state index contributed by atoms with van der Waals surface area (Å²) in [6.07, 6.45) is 0. The maximum absolute atomic E-state index is 12.3. The predicted molar refractivity (Wildman–Crippen MR) is 85.2 cm³/mol. The van der Waals surface area contributed by atoms with E-state index in [4.69, 9.17) is 5.11 Å². The van der Waals surface area contributed by atoms with Gasteiger partial charge in [-0.2, -0.15) is 0 Å². The number of carbonyl (C=O) groups excluding carboxylic acids is 1. The summed E-state index contributed by atoms with van der Waals surface area (Å²) < 4.78 is 0. The van der Waals surface area contributed by atoms with Crippen molar-refractivity contribution >= 4 is 5.91 Å². The second-order valence-electron chi connectivity index (χ2n) is 5.83. The van der Waals surface area contributed by atoms with E-state index in [0.29, 0.717) is 12.1 Å². The summed E-state index contributed by atoms with van der Waals surface area (Å²) in [5.74, 6) is 5.37. The summed E-state index contributed by atoms with van der Waals surface area (Å²) in [7, 11) is 3.98. The Hall–Kier alpha value is -1.83. The number of carbonyl (C=O) groups is 1. The van der Waals surface area contributed by atoms with Crippen LogP contribution in [0.3, 0.4) is 0 Å². The van der Waals surface area contributed by atoms with E-state index in [9.17, 15) is 4.79 Å². The molecule has 1 rings (SSSR count). The fraction of sp³-hybridized carbons (Fsp3) is 0.471. The SMILES string of the molecule is Cc1c(C#CCO)cccc1C(=O)NCC(C)(C)N(C)C. The summed E-state index contributed by atoms with van der Waals surface area (Å²) in [6, 6.07) is 5.44. The zero-order valence-corrected chi connectivity index (χ0v) is 13.4. The number of nitrogens with zero attached hydrogens (tertiary/aromatic N) is 1. The Bertz CT molecular complexity index is 566. The molecule has 1 aromatic carbocycles. The van der Waals surface area contributed by atoms with Gasteiger partial charge in [-0.25, -0.2) is 0 Å². The molecule has 21 heavy (non-hydrogen) atoms. The minimum atomic E-state index is -0.188. The van der Waals surface area contributed by atoms with E-state index in [1.807, 2.05) is 27.1 Å². The van der Waals surface area contributed by atoms with E-state index in [1.54, 1.807) is 12.1 Å². The van der Waals surface area contributed by atoms with Gasteiger partial charge in [0.25, 0.3) is 5.91 Å². The van der Waals surface area contributed by atoms with Crippen LogP contribution in [0.25, 0.3) is 0 Å². The zero-order valence-electron chi connectivity index (χ0n) is 13.4. The lowest BCUT2D eigenvalue weighted by molar-refractivity contribution is 0.0919. The minimum absolute atomic E-state index is 0.102. The van der Waals surface area contributed by atoms with E-state index in [0.717, 1.165) is 11.1 Å². The van der Waals surface area contributed by atoms with Crippen LogP contribution in [0.2, 0.25) is 0 Å². The van der Waals surface area contributed by atoms with Crippen molar-refractivity contribution in [1.29, 1.82) is 0 Å². The molecule has 1 aromatic rings. The van der Waals surface area contributed by atoms with Gasteiger partial charge in [-0.1, -0.05) is 17.9 Å². The van der Waals surface area contributed by atoms with Crippen LogP contribution in [0.1, 0.15) is 35.3 Å². The molecule has 0 saturated heterocycles. The highest BCUT2D eigenvalue weighted by Gasteiger charge is 2.22. The predicted octanol–water partition coefficient (Wildman–Crippen LogP) is 1.41. The number of likely N-dealkylation sites (N-methyl/N-ethyl adjacent to an activating group) is 1. The van der Waals surface area contributed by atoms with Crippen molar-refractivity contribution in [2.45, 2.75) is 26.3 Å². The summed E-state index contributed by atoms with van der Waals surface area (Å²) in [4.78, 5) is 14.4. The second kappa shape index (κ2) is 7.26. The first kappa shape index (κ1) is 17.2. The first-order valence-electron chi connectivity index (χ1n) is 6.94. The third-order valence-corrected chi connectivity index (χ3v) is 3.77. The maximum atomic E-state index is 12.3. The van der Waals surface area contributed by atoms with E-state index < -0.39 is 0 Å². The number of hydrogen-bond acceptors (Lipinski definition) is 3. The van der Waals surface area contributed by atoms with Gasteiger partial charge in [-0.05, 0) is 52.6 Å². The number of benzene rings is 1. The van der Waals surface area contributed by atoms with Crippen molar-refractivity contribution in [3.63, 3.8) is 0 Å². The van der Waals surface area contributed by atoms with Gasteiger partial charge in [-0.15, -0.1) is 0 Å². The fourth-order valence-electron chi connectivity index (χ4n) is 1.70. The maximum Gasteiger partial charge on any atom is 0.251 e. The van der Waals surface area contributed by atoms with Crippen molar-refractivity contribution < 1.29 is 9.90 Å². The molecule has 0 fully saturated rings. The fourth-order valence-corrected chi connectivity index (χ4v) is 1.70.